The fourth-order valence-corrected chi connectivity index (χ4v) is 3.74. The van der Waals surface area contributed by atoms with Gasteiger partial charge in [0, 0.05) is 18.7 Å². The lowest BCUT2D eigenvalue weighted by molar-refractivity contribution is -0.132. The second-order valence-corrected chi connectivity index (χ2v) is 6.17. The number of piperidine rings is 1. The van der Waals surface area contributed by atoms with Crippen LogP contribution in [0.3, 0.4) is 0 Å². The number of benzene rings is 1. The normalized spacial score (nSPS) is 25.9. The fraction of sp³-hybridized carbons (Fsp3) is 0.500. The SMILES string of the molecule is O=C(/C=C/c1ccc(F)cc1)N1CCCC2CCCCC21. The molecule has 1 aliphatic carbocycles. The van der Waals surface area contributed by atoms with Crippen LogP contribution in [0.2, 0.25) is 0 Å². The van der Waals surface area contributed by atoms with Gasteiger partial charge in [-0.3, -0.25) is 4.79 Å². The first-order valence-corrected chi connectivity index (χ1v) is 7.98. The minimum atomic E-state index is -0.250. The summed E-state index contributed by atoms with van der Waals surface area (Å²) in [4.78, 5) is 14.5. The molecule has 1 aliphatic heterocycles. The summed E-state index contributed by atoms with van der Waals surface area (Å²) in [5.41, 5.74) is 0.863. The van der Waals surface area contributed by atoms with Crippen molar-refractivity contribution in [3.05, 3.63) is 41.7 Å². The first kappa shape index (κ1) is 14.3. The van der Waals surface area contributed by atoms with Gasteiger partial charge in [0.1, 0.15) is 5.82 Å². The van der Waals surface area contributed by atoms with E-state index >= 15 is 0 Å². The van der Waals surface area contributed by atoms with Crippen LogP contribution in [-0.2, 0) is 4.79 Å². The highest BCUT2D eigenvalue weighted by molar-refractivity contribution is 5.92. The predicted molar refractivity (Wildman–Crippen MR) is 82.1 cm³/mol. The van der Waals surface area contributed by atoms with Gasteiger partial charge in [-0.15, -0.1) is 0 Å². The van der Waals surface area contributed by atoms with Crippen molar-refractivity contribution in [3.63, 3.8) is 0 Å². The molecule has 0 bridgehead atoms. The van der Waals surface area contributed by atoms with Crippen molar-refractivity contribution < 1.29 is 9.18 Å². The molecule has 2 unspecified atom stereocenters. The van der Waals surface area contributed by atoms with E-state index in [4.69, 9.17) is 0 Å². The van der Waals surface area contributed by atoms with Crippen molar-refractivity contribution in [2.24, 2.45) is 5.92 Å². The van der Waals surface area contributed by atoms with Crippen molar-refractivity contribution in [1.82, 2.24) is 4.90 Å². The molecule has 21 heavy (non-hydrogen) atoms. The van der Waals surface area contributed by atoms with Gasteiger partial charge in [0.05, 0.1) is 0 Å². The second-order valence-electron chi connectivity index (χ2n) is 6.17. The zero-order chi connectivity index (χ0) is 14.7. The maximum atomic E-state index is 12.9. The molecule has 3 rings (SSSR count). The number of rotatable bonds is 2. The van der Waals surface area contributed by atoms with Crippen molar-refractivity contribution >= 4 is 12.0 Å². The number of hydrogen-bond acceptors (Lipinski definition) is 1. The molecule has 1 heterocycles. The molecule has 2 nitrogen and oxygen atoms in total. The van der Waals surface area contributed by atoms with Crippen LogP contribution in [0.4, 0.5) is 4.39 Å². The first-order chi connectivity index (χ1) is 10.2. The summed E-state index contributed by atoms with van der Waals surface area (Å²) in [5.74, 6) is 0.561. The highest BCUT2D eigenvalue weighted by Gasteiger charge is 2.34. The maximum Gasteiger partial charge on any atom is 0.246 e. The number of carbonyl (C=O) groups excluding carboxylic acids is 1. The van der Waals surface area contributed by atoms with E-state index in [2.05, 4.69) is 4.90 Å². The van der Waals surface area contributed by atoms with Crippen LogP contribution in [0.15, 0.2) is 30.3 Å². The number of carbonyl (C=O) groups is 1. The summed E-state index contributed by atoms with van der Waals surface area (Å²) in [6.45, 7) is 0.883. The third-order valence-corrected chi connectivity index (χ3v) is 4.81. The van der Waals surface area contributed by atoms with Gasteiger partial charge in [-0.05, 0) is 55.4 Å². The van der Waals surface area contributed by atoms with Gasteiger partial charge in [-0.2, -0.15) is 0 Å². The van der Waals surface area contributed by atoms with E-state index in [1.165, 1.54) is 37.8 Å². The molecule has 1 aromatic carbocycles. The Kier molecular flexibility index (Phi) is 4.37. The smallest absolute Gasteiger partial charge is 0.246 e. The molecule has 0 radical (unpaired) electrons. The van der Waals surface area contributed by atoms with Gasteiger partial charge in [-0.25, -0.2) is 4.39 Å². The maximum absolute atomic E-state index is 12.9. The van der Waals surface area contributed by atoms with E-state index in [1.54, 1.807) is 24.3 Å². The molecule has 1 amide bonds. The molecule has 2 aliphatic rings. The molecule has 0 N–H and O–H groups in total. The highest BCUT2D eigenvalue weighted by Crippen LogP contribution is 2.35. The Labute approximate surface area is 125 Å². The minimum Gasteiger partial charge on any atom is -0.336 e. The van der Waals surface area contributed by atoms with Gasteiger partial charge in [0.2, 0.25) is 5.91 Å². The Bertz CT molecular complexity index is 521. The van der Waals surface area contributed by atoms with E-state index in [9.17, 15) is 9.18 Å². The fourth-order valence-electron chi connectivity index (χ4n) is 3.74. The van der Waals surface area contributed by atoms with Crippen LogP contribution in [0.25, 0.3) is 6.08 Å². The zero-order valence-electron chi connectivity index (χ0n) is 12.3. The van der Waals surface area contributed by atoms with Crippen LogP contribution in [-0.4, -0.2) is 23.4 Å². The summed E-state index contributed by atoms with van der Waals surface area (Å²) in [7, 11) is 0. The Morgan fingerprint density at radius 2 is 1.81 bits per heavy atom. The van der Waals surface area contributed by atoms with Crippen LogP contribution >= 0.6 is 0 Å². The zero-order valence-corrected chi connectivity index (χ0v) is 12.3. The van der Waals surface area contributed by atoms with Gasteiger partial charge in [0.25, 0.3) is 0 Å². The van der Waals surface area contributed by atoms with E-state index in [0.717, 1.165) is 24.9 Å². The number of fused-ring (bicyclic) bond motifs is 1. The largest absolute Gasteiger partial charge is 0.336 e. The summed E-state index contributed by atoms with van der Waals surface area (Å²) in [6, 6.07) is 6.67. The molecule has 112 valence electrons. The van der Waals surface area contributed by atoms with Crippen LogP contribution in [0.5, 0.6) is 0 Å². The molecular formula is C18H22FNO. The minimum absolute atomic E-state index is 0.107. The summed E-state index contributed by atoms with van der Waals surface area (Å²) < 4.78 is 12.9. The summed E-state index contributed by atoms with van der Waals surface area (Å²) >= 11 is 0. The molecule has 1 saturated carbocycles. The predicted octanol–water partition coefficient (Wildman–Crippen LogP) is 4.02. The monoisotopic (exact) mass is 287 g/mol. The topological polar surface area (TPSA) is 20.3 Å². The molecule has 1 saturated heterocycles. The first-order valence-electron chi connectivity index (χ1n) is 7.98. The molecule has 2 atom stereocenters. The average Bonchev–Trinajstić information content (AvgIpc) is 2.53. The van der Waals surface area contributed by atoms with Gasteiger partial charge >= 0.3 is 0 Å². The van der Waals surface area contributed by atoms with Gasteiger partial charge in [0.15, 0.2) is 0 Å². The molecule has 2 fully saturated rings. The van der Waals surface area contributed by atoms with Gasteiger partial charge < -0.3 is 4.90 Å². The lowest BCUT2D eigenvalue weighted by atomic mass is 9.78. The Morgan fingerprint density at radius 1 is 1.10 bits per heavy atom. The third-order valence-electron chi connectivity index (χ3n) is 4.81. The Balaban J connectivity index is 1.67. The van der Waals surface area contributed by atoms with Crippen LogP contribution in [0, 0.1) is 11.7 Å². The summed E-state index contributed by atoms with van der Waals surface area (Å²) in [6.07, 6.45) is 10.8. The lowest BCUT2D eigenvalue weighted by Crippen LogP contribution is -2.49. The molecule has 0 spiro atoms. The Morgan fingerprint density at radius 3 is 2.62 bits per heavy atom. The number of hydrogen-bond donors (Lipinski definition) is 0. The van der Waals surface area contributed by atoms with E-state index in [1.807, 2.05) is 0 Å². The van der Waals surface area contributed by atoms with Crippen LogP contribution in [0.1, 0.15) is 44.1 Å². The Hall–Kier alpha value is -1.64. The van der Waals surface area contributed by atoms with E-state index in [0.29, 0.717) is 12.0 Å². The molecule has 3 heteroatoms. The molecular weight excluding hydrogens is 265 g/mol. The number of halogens is 1. The number of likely N-dealkylation sites (tertiary alicyclic amines) is 1. The summed E-state index contributed by atoms with van der Waals surface area (Å²) in [5, 5.41) is 0. The van der Waals surface area contributed by atoms with Crippen molar-refractivity contribution in [3.8, 4) is 0 Å². The lowest BCUT2D eigenvalue weighted by Gasteiger charge is -2.43. The molecule has 1 aromatic rings. The second kappa shape index (κ2) is 6.42. The van der Waals surface area contributed by atoms with E-state index in [-0.39, 0.29) is 11.7 Å². The third kappa shape index (κ3) is 3.34. The van der Waals surface area contributed by atoms with Crippen molar-refractivity contribution in [2.45, 2.75) is 44.6 Å². The highest BCUT2D eigenvalue weighted by atomic mass is 19.1. The quantitative estimate of drug-likeness (QED) is 0.752. The number of nitrogens with zero attached hydrogens (tertiary/aromatic N) is 1. The van der Waals surface area contributed by atoms with Crippen molar-refractivity contribution in [2.75, 3.05) is 6.54 Å². The standard InChI is InChI=1S/C18H22FNO/c19-16-10-7-14(8-11-16)9-12-18(21)20-13-3-5-15-4-1-2-6-17(15)20/h7-12,15,17H,1-6,13H2/b12-9+. The van der Waals surface area contributed by atoms with Gasteiger partial charge in [-0.1, -0.05) is 25.0 Å². The van der Waals surface area contributed by atoms with Crippen LogP contribution < -0.4 is 0 Å². The van der Waals surface area contributed by atoms with E-state index < -0.39 is 0 Å². The average molecular weight is 287 g/mol. The van der Waals surface area contributed by atoms with Crippen molar-refractivity contribution in [1.29, 1.82) is 0 Å². The molecule has 0 aromatic heterocycles. The number of amides is 1.